The number of benzene rings is 1. The largest absolute Gasteiger partial charge is 0.493 e. The van der Waals surface area contributed by atoms with Crippen molar-refractivity contribution < 1.29 is 14.6 Å². The van der Waals surface area contributed by atoms with Crippen LogP contribution in [0, 0.1) is 5.92 Å². The van der Waals surface area contributed by atoms with Gasteiger partial charge in [-0.2, -0.15) is 0 Å². The molecule has 1 atom stereocenters. The molecule has 1 aromatic carbocycles. The summed E-state index contributed by atoms with van der Waals surface area (Å²) < 4.78 is 5.46. The molecule has 1 aliphatic rings. The van der Waals surface area contributed by atoms with Crippen molar-refractivity contribution in [3.8, 4) is 5.75 Å². The highest BCUT2D eigenvalue weighted by Gasteiger charge is 2.19. The summed E-state index contributed by atoms with van der Waals surface area (Å²) in [5, 5.41) is 12.9. The van der Waals surface area contributed by atoms with Crippen LogP contribution >= 0.6 is 0 Å². The molecule has 0 radical (unpaired) electrons. The molecule has 1 saturated heterocycles. The number of ether oxygens (including phenoxy) is 1. The van der Waals surface area contributed by atoms with Crippen LogP contribution in [0.4, 0.5) is 0 Å². The highest BCUT2D eigenvalue weighted by atomic mass is 16.5. The van der Waals surface area contributed by atoms with Gasteiger partial charge in [0.1, 0.15) is 5.75 Å². The van der Waals surface area contributed by atoms with E-state index in [9.17, 15) is 9.90 Å². The highest BCUT2D eigenvalue weighted by Crippen LogP contribution is 2.18. The van der Waals surface area contributed by atoms with E-state index >= 15 is 0 Å². The molecule has 1 aromatic rings. The molecule has 2 N–H and O–H groups in total. The number of carbonyl (C=O) groups is 1. The number of nitrogens with one attached hydrogen (secondary N) is 1. The molecule has 5 nitrogen and oxygen atoms in total. The molecular formula is C18H28N2O3. The maximum absolute atomic E-state index is 12.3. The van der Waals surface area contributed by atoms with Crippen molar-refractivity contribution in [2.45, 2.75) is 32.8 Å². The van der Waals surface area contributed by atoms with Crippen LogP contribution in [-0.4, -0.2) is 54.8 Å². The van der Waals surface area contributed by atoms with Crippen LogP contribution < -0.4 is 10.1 Å². The number of piperidine rings is 1. The molecule has 0 spiro atoms. The van der Waals surface area contributed by atoms with Crippen LogP contribution in [0.15, 0.2) is 24.3 Å². The van der Waals surface area contributed by atoms with Crippen molar-refractivity contribution in [1.29, 1.82) is 0 Å². The van der Waals surface area contributed by atoms with Crippen molar-refractivity contribution in [3.05, 3.63) is 29.8 Å². The molecule has 0 bridgehead atoms. The Morgan fingerprint density at radius 1 is 1.39 bits per heavy atom. The first-order chi connectivity index (χ1) is 11.1. The normalized spacial score (nSPS) is 17.7. The predicted octanol–water partition coefficient (Wildman–Crippen LogP) is 1.91. The fourth-order valence-electron chi connectivity index (χ4n) is 2.85. The molecule has 128 valence electrons. The van der Waals surface area contributed by atoms with E-state index in [-0.39, 0.29) is 12.5 Å². The van der Waals surface area contributed by atoms with Gasteiger partial charge in [0.05, 0.1) is 18.3 Å². The van der Waals surface area contributed by atoms with Crippen LogP contribution in [0.3, 0.4) is 0 Å². The van der Waals surface area contributed by atoms with E-state index in [1.165, 1.54) is 12.8 Å². The average molecular weight is 320 g/mol. The Balaban J connectivity index is 1.79. The first kappa shape index (κ1) is 17.8. The third-order valence-electron chi connectivity index (χ3n) is 4.27. The summed E-state index contributed by atoms with van der Waals surface area (Å²) in [7, 11) is 0. The monoisotopic (exact) mass is 320 g/mol. The van der Waals surface area contributed by atoms with Gasteiger partial charge in [-0.3, -0.25) is 4.79 Å². The number of para-hydroxylation sites is 1. The van der Waals surface area contributed by atoms with Crippen LogP contribution in [-0.2, 0) is 0 Å². The maximum atomic E-state index is 12.3. The second kappa shape index (κ2) is 8.89. The predicted molar refractivity (Wildman–Crippen MR) is 90.8 cm³/mol. The SMILES string of the molecule is CCOc1ccccc1C(=O)NCC(O)CN1CCC(C)CC1. The summed E-state index contributed by atoms with van der Waals surface area (Å²) >= 11 is 0. The Labute approximate surface area is 138 Å². The number of hydrogen-bond donors (Lipinski definition) is 2. The van der Waals surface area contributed by atoms with Gasteiger partial charge in [-0.25, -0.2) is 0 Å². The zero-order valence-corrected chi connectivity index (χ0v) is 14.1. The Morgan fingerprint density at radius 2 is 2.09 bits per heavy atom. The van der Waals surface area contributed by atoms with Gasteiger partial charge >= 0.3 is 0 Å². The molecule has 0 aliphatic carbocycles. The topological polar surface area (TPSA) is 61.8 Å². The number of carbonyl (C=O) groups excluding carboxylic acids is 1. The van der Waals surface area contributed by atoms with E-state index in [4.69, 9.17) is 4.74 Å². The second-order valence-electron chi connectivity index (χ2n) is 6.28. The van der Waals surface area contributed by atoms with Crippen LogP contribution in [0.25, 0.3) is 0 Å². The number of rotatable bonds is 7. The molecule has 23 heavy (non-hydrogen) atoms. The van der Waals surface area contributed by atoms with Gasteiger partial charge in [0.15, 0.2) is 0 Å². The van der Waals surface area contributed by atoms with Crippen molar-refractivity contribution >= 4 is 5.91 Å². The van der Waals surface area contributed by atoms with Gasteiger partial charge < -0.3 is 20.1 Å². The maximum Gasteiger partial charge on any atom is 0.255 e. The van der Waals surface area contributed by atoms with Crippen molar-refractivity contribution in [3.63, 3.8) is 0 Å². The van der Waals surface area contributed by atoms with Gasteiger partial charge in [-0.05, 0) is 50.9 Å². The molecule has 0 aromatic heterocycles. The standard InChI is InChI=1S/C18H28N2O3/c1-3-23-17-7-5-4-6-16(17)18(22)19-12-15(21)13-20-10-8-14(2)9-11-20/h4-7,14-15,21H,3,8-13H2,1-2H3,(H,19,22). The summed E-state index contributed by atoms with van der Waals surface area (Å²) in [6.45, 7) is 7.59. The van der Waals surface area contributed by atoms with E-state index < -0.39 is 6.10 Å². The van der Waals surface area contributed by atoms with Gasteiger partial charge in [0.2, 0.25) is 0 Å². The highest BCUT2D eigenvalue weighted by molar-refractivity contribution is 5.96. The fraction of sp³-hybridized carbons (Fsp3) is 0.611. The molecule has 1 aliphatic heterocycles. The quantitative estimate of drug-likeness (QED) is 0.805. The molecule has 0 saturated carbocycles. The van der Waals surface area contributed by atoms with E-state index in [0.717, 1.165) is 19.0 Å². The van der Waals surface area contributed by atoms with E-state index in [1.54, 1.807) is 12.1 Å². The lowest BCUT2D eigenvalue weighted by Crippen LogP contribution is -2.43. The Bertz CT molecular complexity index is 499. The molecule has 2 rings (SSSR count). The number of hydrogen-bond acceptors (Lipinski definition) is 4. The number of aliphatic hydroxyl groups is 1. The van der Waals surface area contributed by atoms with Gasteiger partial charge in [0.25, 0.3) is 5.91 Å². The van der Waals surface area contributed by atoms with Crippen LogP contribution in [0.2, 0.25) is 0 Å². The summed E-state index contributed by atoms with van der Waals surface area (Å²) in [5.41, 5.74) is 0.508. The summed E-state index contributed by atoms with van der Waals surface area (Å²) in [5.74, 6) is 1.14. The third-order valence-corrected chi connectivity index (χ3v) is 4.27. The lowest BCUT2D eigenvalue weighted by molar-refractivity contribution is 0.0793. The van der Waals surface area contributed by atoms with Crippen LogP contribution in [0.5, 0.6) is 5.75 Å². The van der Waals surface area contributed by atoms with E-state index in [2.05, 4.69) is 17.1 Å². The minimum atomic E-state index is -0.549. The lowest BCUT2D eigenvalue weighted by Gasteiger charge is -2.31. The zero-order valence-electron chi connectivity index (χ0n) is 14.1. The molecule has 1 heterocycles. The third kappa shape index (κ3) is 5.52. The number of aliphatic hydroxyl groups excluding tert-OH is 1. The fourth-order valence-corrected chi connectivity index (χ4v) is 2.85. The second-order valence-corrected chi connectivity index (χ2v) is 6.28. The Hall–Kier alpha value is -1.59. The zero-order chi connectivity index (χ0) is 16.7. The number of β-amino-alcohol motifs (C(OH)–C–C–N with tert-alkyl or cyclic N) is 1. The average Bonchev–Trinajstić information content (AvgIpc) is 2.56. The van der Waals surface area contributed by atoms with Crippen molar-refractivity contribution in [1.82, 2.24) is 10.2 Å². The number of nitrogens with zero attached hydrogens (tertiary/aromatic N) is 1. The molecule has 1 amide bonds. The van der Waals surface area contributed by atoms with E-state index in [1.807, 2.05) is 19.1 Å². The van der Waals surface area contributed by atoms with E-state index in [0.29, 0.717) is 24.5 Å². The Kier molecular flexibility index (Phi) is 6.86. The summed E-state index contributed by atoms with van der Waals surface area (Å²) in [4.78, 5) is 14.5. The first-order valence-corrected chi connectivity index (χ1v) is 8.50. The van der Waals surface area contributed by atoms with Crippen molar-refractivity contribution in [2.75, 3.05) is 32.8 Å². The van der Waals surface area contributed by atoms with Gasteiger partial charge in [-0.15, -0.1) is 0 Å². The van der Waals surface area contributed by atoms with Crippen LogP contribution in [0.1, 0.15) is 37.0 Å². The van der Waals surface area contributed by atoms with Gasteiger partial charge in [0, 0.05) is 13.1 Å². The number of likely N-dealkylation sites (tertiary alicyclic amines) is 1. The molecule has 1 fully saturated rings. The van der Waals surface area contributed by atoms with Crippen molar-refractivity contribution in [2.24, 2.45) is 5.92 Å². The minimum Gasteiger partial charge on any atom is -0.493 e. The lowest BCUT2D eigenvalue weighted by atomic mass is 9.99. The van der Waals surface area contributed by atoms with Gasteiger partial charge in [-0.1, -0.05) is 19.1 Å². The molecule has 5 heteroatoms. The summed E-state index contributed by atoms with van der Waals surface area (Å²) in [6, 6.07) is 7.17. The number of amides is 1. The first-order valence-electron chi connectivity index (χ1n) is 8.50. The molecule has 1 unspecified atom stereocenters. The minimum absolute atomic E-state index is 0.208. The molecular weight excluding hydrogens is 292 g/mol. The summed E-state index contributed by atoms with van der Waals surface area (Å²) in [6.07, 6.45) is 1.81. The smallest absolute Gasteiger partial charge is 0.255 e. The Morgan fingerprint density at radius 3 is 2.78 bits per heavy atom.